The van der Waals surface area contributed by atoms with Gasteiger partial charge in [-0.25, -0.2) is 4.79 Å². The Kier molecular flexibility index (Phi) is 2.35. The van der Waals surface area contributed by atoms with Crippen molar-refractivity contribution in [2.45, 2.75) is 12.5 Å². The van der Waals surface area contributed by atoms with Crippen LogP contribution >= 0.6 is 0 Å². The van der Waals surface area contributed by atoms with Crippen molar-refractivity contribution in [1.29, 1.82) is 0 Å². The second kappa shape index (κ2) is 3.82. The van der Waals surface area contributed by atoms with E-state index in [1.165, 1.54) is 7.05 Å². The van der Waals surface area contributed by atoms with Crippen molar-refractivity contribution < 1.29 is 9.59 Å². The summed E-state index contributed by atoms with van der Waals surface area (Å²) in [6.45, 7) is 1.75. The molecule has 1 atom stereocenters. The standard InChI is InChI=1S/C15H14N2O2/c1-15(13(18)17(2)14(19)16-15)12-9-5-7-10-6-3-4-8-11(10)12/h3-9H,1-2H3,(H,16,19). The zero-order valence-electron chi connectivity index (χ0n) is 10.8. The fraction of sp³-hybridized carbons (Fsp3) is 0.200. The van der Waals surface area contributed by atoms with Gasteiger partial charge in [0.05, 0.1) is 0 Å². The molecule has 19 heavy (non-hydrogen) atoms. The average molecular weight is 254 g/mol. The Morgan fingerprint density at radius 1 is 1.05 bits per heavy atom. The lowest BCUT2D eigenvalue weighted by atomic mass is 9.88. The molecule has 3 amide bonds. The number of rotatable bonds is 1. The van der Waals surface area contributed by atoms with E-state index in [1.807, 2.05) is 42.5 Å². The number of benzene rings is 2. The maximum Gasteiger partial charge on any atom is 0.325 e. The summed E-state index contributed by atoms with van der Waals surface area (Å²) >= 11 is 0. The van der Waals surface area contributed by atoms with Crippen molar-refractivity contribution in [1.82, 2.24) is 10.2 Å². The second-order valence-electron chi connectivity index (χ2n) is 4.95. The zero-order chi connectivity index (χ0) is 13.6. The summed E-state index contributed by atoms with van der Waals surface area (Å²) in [4.78, 5) is 25.2. The highest BCUT2D eigenvalue weighted by Crippen LogP contribution is 2.33. The molecule has 1 fully saturated rings. The van der Waals surface area contributed by atoms with Gasteiger partial charge < -0.3 is 5.32 Å². The van der Waals surface area contributed by atoms with E-state index in [0.29, 0.717) is 0 Å². The van der Waals surface area contributed by atoms with Crippen LogP contribution in [0.1, 0.15) is 12.5 Å². The number of imide groups is 1. The lowest BCUT2D eigenvalue weighted by molar-refractivity contribution is -0.130. The number of nitrogens with one attached hydrogen (secondary N) is 1. The second-order valence-corrected chi connectivity index (χ2v) is 4.95. The molecule has 4 nitrogen and oxygen atoms in total. The van der Waals surface area contributed by atoms with Crippen molar-refractivity contribution in [3.8, 4) is 0 Å². The summed E-state index contributed by atoms with van der Waals surface area (Å²) in [6, 6.07) is 13.3. The molecule has 1 aliphatic rings. The minimum atomic E-state index is -0.993. The van der Waals surface area contributed by atoms with Crippen LogP contribution in [0.5, 0.6) is 0 Å². The summed E-state index contributed by atoms with van der Waals surface area (Å²) in [7, 11) is 1.49. The largest absolute Gasteiger partial charge is 0.325 e. The van der Waals surface area contributed by atoms with Gasteiger partial charge in [0.1, 0.15) is 5.54 Å². The Bertz CT molecular complexity index is 690. The molecule has 0 aromatic heterocycles. The summed E-state index contributed by atoms with van der Waals surface area (Å²) in [5.74, 6) is -0.228. The van der Waals surface area contributed by atoms with Gasteiger partial charge in [0.25, 0.3) is 5.91 Å². The molecule has 1 unspecified atom stereocenters. The number of fused-ring (bicyclic) bond motifs is 1. The van der Waals surface area contributed by atoms with E-state index < -0.39 is 5.54 Å². The minimum absolute atomic E-state index is 0.228. The number of amides is 3. The van der Waals surface area contributed by atoms with Crippen LogP contribution in [-0.4, -0.2) is 23.9 Å². The summed E-state index contributed by atoms with van der Waals surface area (Å²) < 4.78 is 0. The van der Waals surface area contributed by atoms with Crippen LogP contribution in [-0.2, 0) is 10.3 Å². The normalized spacial score (nSPS) is 22.9. The van der Waals surface area contributed by atoms with Gasteiger partial charge in [-0.2, -0.15) is 0 Å². The number of hydrogen-bond acceptors (Lipinski definition) is 2. The molecular formula is C15H14N2O2. The van der Waals surface area contributed by atoms with Crippen LogP contribution in [0.2, 0.25) is 0 Å². The van der Waals surface area contributed by atoms with Gasteiger partial charge in [-0.15, -0.1) is 0 Å². The van der Waals surface area contributed by atoms with Gasteiger partial charge in [0.2, 0.25) is 0 Å². The van der Waals surface area contributed by atoms with Crippen LogP contribution in [0.15, 0.2) is 42.5 Å². The molecule has 4 heteroatoms. The van der Waals surface area contributed by atoms with E-state index in [4.69, 9.17) is 0 Å². The quantitative estimate of drug-likeness (QED) is 0.793. The Hall–Kier alpha value is -2.36. The molecule has 3 rings (SSSR count). The Morgan fingerprint density at radius 3 is 2.42 bits per heavy atom. The van der Waals surface area contributed by atoms with Gasteiger partial charge in [-0.3, -0.25) is 9.69 Å². The molecule has 96 valence electrons. The van der Waals surface area contributed by atoms with Crippen LogP contribution in [0.3, 0.4) is 0 Å². The van der Waals surface area contributed by atoms with E-state index in [9.17, 15) is 9.59 Å². The van der Waals surface area contributed by atoms with Gasteiger partial charge in [0.15, 0.2) is 0 Å². The van der Waals surface area contributed by atoms with Gasteiger partial charge in [-0.05, 0) is 23.3 Å². The summed E-state index contributed by atoms with van der Waals surface area (Å²) in [6.07, 6.45) is 0. The van der Waals surface area contributed by atoms with E-state index in [2.05, 4.69) is 5.32 Å². The van der Waals surface area contributed by atoms with Gasteiger partial charge >= 0.3 is 6.03 Å². The molecule has 0 saturated carbocycles. The molecular weight excluding hydrogens is 240 g/mol. The molecule has 0 bridgehead atoms. The monoisotopic (exact) mass is 254 g/mol. The molecule has 0 spiro atoms. The lowest BCUT2D eigenvalue weighted by Crippen LogP contribution is -2.40. The first-order chi connectivity index (χ1) is 9.04. The van der Waals surface area contributed by atoms with E-state index >= 15 is 0 Å². The van der Waals surface area contributed by atoms with Crippen molar-refractivity contribution in [3.63, 3.8) is 0 Å². The van der Waals surface area contributed by atoms with Crippen molar-refractivity contribution in [3.05, 3.63) is 48.0 Å². The Labute approximate surface area is 111 Å². The first kappa shape index (κ1) is 11.7. The maximum atomic E-state index is 12.3. The molecule has 1 aliphatic heterocycles. The maximum absolute atomic E-state index is 12.3. The van der Waals surface area contributed by atoms with Gasteiger partial charge in [-0.1, -0.05) is 42.5 Å². The fourth-order valence-electron chi connectivity index (χ4n) is 2.62. The van der Waals surface area contributed by atoms with Crippen molar-refractivity contribution in [2.24, 2.45) is 0 Å². The van der Waals surface area contributed by atoms with Crippen LogP contribution in [0, 0.1) is 0 Å². The first-order valence-electron chi connectivity index (χ1n) is 6.12. The van der Waals surface area contributed by atoms with E-state index in [-0.39, 0.29) is 11.9 Å². The molecule has 2 aromatic carbocycles. The minimum Gasteiger partial charge on any atom is -0.319 e. The third-order valence-corrected chi connectivity index (χ3v) is 3.72. The number of likely N-dealkylation sites (N-methyl/N-ethyl adjacent to an activating group) is 1. The van der Waals surface area contributed by atoms with Crippen LogP contribution in [0.25, 0.3) is 10.8 Å². The Balaban J connectivity index is 2.25. The highest BCUT2D eigenvalue weighted by Gasteiger charge is 2.47. The van der Waals surface area contributed by atoms with Gasteiger partial charge in [0, 0.05) is 7.05 Å². The number of nitrogens with zero attached hydrogens (tertiary/aromatic N) is 1. The molecule has 1 N–H and O–H groups in total. The van der Waals surface area contributed by atoms with Crippen molar-refractivity contribution >= 4 is 22.7 Å². The van der Waals surface area contributed by atoms with Crippen LogP contribution in [0.4, 0.5) is 4.79 Å². The predicted octanol–water partition coefficient (Wildman–Crippen LogP) is 2.24. The van der Waals surface area contributed by atoms with Crippen molar-refractivity contribution in [2.75, 3.05) is 7.05 Å². The topological polar surface area (TPSA) is 49.4 Å². The molecule has 1 heterocycles. The lowest BCUT2D eigenvalue weighted by Gasteiger charge is -2.23. The number of hydrogen-bond donors (Lipinski definition) is 1. The number of carbonyl (C=O) groups excluding carboxylic acids is 2. The third kappa shape index (κ3) is 1.53. The van der Waals surface area contributed by atoms with E-state index in [1.54, 1.807) is 6.92 Å². The zero-order valence-corrected chi connectivity index (χ0v) is 10.8. The van der Waals surface area contributed by atoms with Crippen LogP contribution < -0.4 is 5.32 Å². The molecule has 1 saturated heterocycles. The molecule has 0 radical (unpaired) electrons. The number of urea groups is 1. The Morgan fingerprint density at radius 2 is 1.74 bits per heavy atom. The SMILES string of the molecule is CN1C(=O)NC(C)(c2cccc3ccccc23)C1=O. The third-order valence-electron chi connectivity index (χ3n) is 3.72. The number of carbonyl (C=O) groups is 2. The fourth-order valence-corrected chi connectivity index (χ4v) is 2.62. The average Bonchev–Trinajstić information content (AvgIpc) is 2.63. The first-order valence-corrected chi connectivity index (χ1v) is 6.12. The van der Waals surface area contributed by atoms with E-state index in [0.717, 1.165) is 21.2 Å². The summed E-state index contributed by atoms with van der Waals surface area (Å²) in [5.41, 5.74) is -0.166. The highest BCUT2D eigenvalue weighted by atomic mass is 16.2. The molecule has 2 aromatic rings. The smallest absolute Gasteiger partial charge is 0.319 e. The molecule has 0 aliphatic carbocycles. The highest BCUT2D eigenvalue weighted by molar-refractivity contribution is 6.08. The summed E-state index contributed by atoms with van der Waals surface area (Å²) in [5, 5.41) is 4.81. The predicted molar refractivity (Wildman–Crippen MR) is 72.6 cm³/mol.